The molecule has 1 aromatic carbocycles. The van der Waals surface area contributed by atoms with Gasteiger partial charge in [0.15, 0.2) is 5.82 Å². The van der Waals surface area contributed by atoms with Crippen LogP contribution in [0.2, 0.25) is 0 Å². The van der Waals surface area contributed by atoms with E-state index in [0.29, 0.717) is 16.7 Å². The molecule has 0 saturated heterocycles. The van der Waals surface area contributed by atoms with Crippen molar-refractivity contribution in [3.63, 3.8) is 0 Å². The van der Waals surface area contributed by atoms with E-state index in [-0.39, 0.29) is 53.2 Å². The molecule has 2 rings (SSSR count). The molecule has 0 amide bonds. The SMILES string of the molecule is CCN(CC(O)CS(=O)(=O)O)c1ccc(N=Nc2ncc(Br)cc2Br)c(C(=O)O)c1.[NaH]. The van der Waals surface area contributed by atoms with E-state index in [1.165, 1.54) is 18.3 Å². The van der Waals surface area contributed by atoms with Crippen molar-refractivity contribution in [2.75, 3.05) is 23.7 Å². The van der Waals surface area contributed by atoms with E-state index in [1.807, 2.05) is 0 Å². The molecule has 31 heavy (non-hydrogen) atoms. The predicted molar refractivity (Wildman–Crippen MR) is 125 cm³/mol. The summed E-state index contributed by atoms with van der Waals surface area (Å²) >= 11 is 6.57. The summed E-state index contributed by atoms with van der Waals surface area (Å²) in [4.78, 5) is 17.4. The summed E-state index contributed by atoms with van der Waals surface area (Å²) in [6.45, 7) is 2.00. The average molecular weight is 590 g/mol. The Morgan fingerprint density at radius 1 is 1.26 bits per heavy atom. The zero-order valence-electron chi connectivity index (χ0n) is 15.6. The van der Waals surface area contributed by atoms with Crippen LogP contribution in [0.5, 0.6) is 0 Å². The first-order valence-electron chi connectivity index (χ1n) is 8.48. The number of aliphatic hydroxyl groups is 1. The van der Waals surface area contributed by atoms with Crippen LogP contribution in [-0.2, 0) is 10.1 Å². The van der Waals surface area contributed by atoms with Crippen LogP contribution in [-0.4, -0.2) is 88.6 Å². The number of carboxylic acids is 1. The number of likely N-dealkylation sites (N-methyl/N-ethyl adjacent to an activating group) is 1. The molecule has 0 aliphatic rings. The van der Waals surface area contributed by atoms with Crippen molar-refractivity contribution >= 4 is 94.7 Å². The third-order valence-corrected chi connectivity index (χ3v) is 5.66. The fraction of sp³-hybridized carbons (Fsp3) is 0.294. The van der Waals surface area contributed by atoms with Crippen LogP contribution in [0, 0.1) is 0 Å². The number of anilines is 1. The van der Waals surface area contributed by atoms with Gasteiger partial charge in [-0.05, 0) is 63.0 Å². The summed E-state index contributed by atoms with van der Waals surface area (Å²) in [6, 6.07) is 6.10. The molecule has 0 spiro atoms. The number of aromatic nitrogens is 1. The summed E-state index contributed by atoms with van der Waals surface area (Å²) in [6.07, 6.45) is 0.172. The molecule has 0 aliphatic carbocycles. The second-order valence-corrected chi connectivity index (χ2v) is 9.37. The number of aliphatic hydroxyl groups excluding tert-OH is 1. The molecule has 164 valence electrons. The predicted octanol–water partition coefficient (Wildman–Crippen LogP) is 3.15. The Labute approximate surface area is 218 Å². The molecule has 1 unspecified atom stereocenters. The van der Waals surface area contributed by atoms with Crippen molar-refractivity contribution in [1.82, 2.24) is 4.98 Å². The maximum absolute atomic E-state index is 11.7. The zero-order valence-corrected chi connectivity index (χ0v) is 19.6. The normalized spacial score (nSPS) is 12.4. The number of hydrogen-bond acceptors (Lipinski definition) is 8. The van der Waals surface area contributed by atoms with Crippen molar-refractivity contribution < 1.29 is 28.0 Å². The van der Waals surface area contributed by atoms with E-state index in [1.54, 1.807) is 24.0 Å². The number of pyridine rings is 1. The molecule has 3 N–H and O–H groups in total. The Hall–Kier alpha value is -0.930. The molecule has 10 nitrogen and oxygen atoms in total. The van der Waals surface area contributed by atoms with Gasteiger partial charge in [-0.1, -0.05) is 0 Å². The quantitative estimate of drug-likeness (QED) is 0.229. The Morgan fingerprint density at radius 2 is 1.94 bits per heavy atom. The van der Waals surface area contributed by atoms with Crippen molar-refractivity contribution in [3.05, 3.63) is 45.0 Å². The molecule has 14 heteroatoms. The fourth-order valence-electron chi connectivity index (χ4n) is 2.53. The third-order valence-electron chi connectivity index (χ3n) is 3.83. The van der Waals surface area contributed by atoms with Crippen molar-refractivity contribution in [2.45, 2.75) is 13.0 Å². The number of rotatable bonds is 9. The Kier molecular flexibility index (Phi) is 11.2. The van der Waals surface area contributed by atoms with Gasteiger partial charge in [0.05, 0.1) is 16.1 Å². The number of carboxylic acid groups (broad SMARTS) is 1. The molecule has 1 aromatic heterocycles. The number of azo groups is 1. The van der Waals surface area contributed by atoms with Gasteiger partial charge in [-0.3, -0.25) is 4.55 Å². The zero-order chi connectivity index (χ0) is 22.5. The van der Waals surface area contributed by atoms with Gasteiger partial charge in [0, 0.05) is 29.4 Å². The van der Waals surface area contributed by atoms with E-state index in [0.717, 1.165) is 4.47 Å². The van der Waals surface area contributed by atoms with Crippen molar-refractivity contribution in [3.8, 4) is 0 Å². The van der Waals surface area contributed by atoms with Crippen LogP contribution < -0.4 is 4.90 Å². The van der Waals surface area contributed by atoms with Gasteiger partial charge in [0.2, 0.25) is 0 Å². The van der Waals surface area contributed by atoms with Crippen LogP contribution in [0.1, 0.15) is 17.3 Å². The maximum atomic E-state index is 11.7. The molecule has 0 saturated carbocycles. The molecule has 0 aliphatic heterocycles. The number of carbonyl (C=O) groups is 1. The first kappa shape index (κ1) is 28.1. The van der Waals surface area contributed by atoms with Crippen LogP contribution in [0.15, 0.2) is 49.6 Å². The third kappa shape index (κ3) is 8.85. The van der Waals surface area contributed by atoms with Gasteiger partial charge in [0.1, 0.15) is 11.4 Å². The van der Waals surface area contributed by atoms with Crippen LogP contribution >= 0.6 is 31.9 Å². The van der Waals surface area contributed by atoms with E-state index >= 15 is 0 Å². The Balaban J connectivity index is 0.00000480. The molecule has 0 radical (unpaired) electrons. The first-order chi connectivity index (χ1) is 14.0. The van der Waals surface area contributed by atoms with Gasteiger partial charge in [0.25, 0.3) is 10.1 Å². The average Bonchev–Trinajstić information content (AvgIpc) is 2.64. The first-order valence-corrected chi connectivity index (χ1v) is 11.7. The summed E-state index contributed by atoms with van der Waals surface area (Å²) in [5.74, 6) is -1.79. The van der Waals surface area contributed by atoms with E-state index < -0.39 is 27.9 Å². The number of aromatic carboxylic acids is 1. The molecule has 0 fully saturated rings. The number of benzene rings is 1. The number of halogens is 2. The van der Waals surface area contributed by atoms with Crippen molar-refractivity contribution in [1.29, 1.82) is 0 Å². The monoisotopic (exact) mass is 588 g/mol. The molecule has 0 bridgehead atoms. The molecule has 2 aromatic rings. The summed E-state index contributed by atoms with van der Waals surface area (Å²) in [7, 11) is -4.34. The Morgan fingerprint density at radius 3 is 2.48 bits per heavy atom. The van der Waals surface area contributed by atoms with Crippen LogP contribution in [0.4, 0.5) is 17.2 Å². The van der Waals surface area contributed by atoms with Crippen LogP contribution in [0.25, 0.3) is 0 Å². The van der Waals surface area contributed by atoms with Crippen LogP contribution in [0.3, 0.4) is 0 Å². The van der Waals surface area contributed by atoms with Gasteiger partial charge < -0.3 is 15.1 Å². The summed E-state index contributed by atoms with van der Waals surface area (Å²) in [5, 5.41) is 27.4. The Bertz CT molecular complexity index is 1070. The molecule has 1 heterocycles. The van der Waals surface area contributed by atoms with E-state index in [2.05, 4.69) is 47.1 Å². The fourth-order valence-corrected chi connectivity index (χ4v) is 4.19. The minimum atomic E-state index is -4.34. The van der Waals surface area contributed by atoms with Crippen molar-refractivity contribution in [2.24, 2.45) is 10.2 Å². The minimum absolute atomic E-state index is 0. The molecular formula is C17H19Br2N4NaO6S. The summed E-state index contributed by atoms with van der Waals surface area (Å²) < 4.78 is 32.0. The molecule has 1 atom stereocenters. The van der Waals surface area contributed by atoms with E-state index in [9.17, 15) is 23.4 Å². The van der Waals surface area contributed by atoms with Gasteiger partial charge in [-0.15, -0.1) is 10.2 Å². The summed E-state index contributed by atoms with van der Waals surface area (Å²) in [5.41, 5.74) is 0.399. The second-order valence-electron chi connectivity index (χ2n) is 6.11. The second kappa shape index (κ2) is 12.3. The number of hydrogen-bond donors (Lipinski definition) is 3. The van der Waals surface area contributed by atoms with Gasteiger partial charge in [-0.2, -0.15) is 8.42 Å². The standard InChI is InChI=1S/C17H18Br2N4O6S.Na.H/c1-2-23(8-12(24)9-30(27,28)29)11-3-4-15(13(6-11)17(25)26)21-22-16-14(19)5-10(18)7-20-16;;/h3-7,12,24H,2,8-9H2,1H3,(H,25,26)(H,27,28,29);;. The van der Waals surface area contributed by atoms with Gasteiger partial charge >= 0.3 is 35.5 Å². The topological polar surface area (TPSA) is 153 Å². The van der Waals surface area contributed by atoms with Gasteiger partial charge in [-0.25, -0.2) is 9.78 Å². The van der Waals surface area contributed by atoms with E-state index in [4.69, 9.17) is 4.55 Å². The number of nitrogens with zero attached hydrogens (tertiary/aromatic N) is 4. The molecular weight excluding hydrogens is 571 g/mol.